The fourth-order valence-corrected chi connectivity index (χ4v) is 3.14. The van der Waals surface area contributed by atoms with Crippen molar-refractivity contribution < 1.29 is 49.2 Å². The number of rotatable bonds is 4. The summed E-state index contributed by atoms with van der Waals surface area (Å²) in [5.74, 6) is -17.4. The molecule has 1 N–H and O–H groups in total. The van der Waals surface area contributed by atoms with Crippen molar-refractivity contribution in [3.05, 3.63) is 0 Å². The fraction of sp³-hybridized carbons (Fsp3) is 1.00. The zero-order chi connectivity index (χ0) is 18.6. The van der Waals surface area contributed by atoms with Gasteiger partial charge in [0.25, 0.3) is 0 Å². The van der Waals surface area contributed by atoms with E-state index in [1.807, 2.05) is 0 Å². The average molecular weight is 390 g/mol. The molecule has 0 aromatic heterocycles. The molecule has 0 aliphatic carbocycles. The Bertz CT molecular complexity index is 461. The maximum absolute atomic E-state index is 14.0. The Morgan fingerprint density at radius 1 is 1.00 bits per heavy atom. The maximum atomic E-state index is 14.0. The summed E-state index contributed by atoms with van der Waals surface area (Å²) in [5.41, 5.74) is 0. The van der Waals surface area contributed by atoms with Crippen LogP contribution in [-0.2, 0) is 13.6 Å². The van der Waals surface area contributed by atoms with Gasteiger partial charge in [-0.3, -0.25) is 9.05 Å². The third-order valence-electron chi connectivity index (χ3n) is 3.58. The molecule has 12 heteroatoms. The van der Waals surface area contributed by atoms with Crippen molar-refractivity contribution in [3.63, 3.8) is 0 Å². The average Bonchev–Trinajstić information content (AvgIpc) is 2.51. The Morgan fingerprint density at radius 2 is 1.54 bits per heavy atom. The first-order valence-corrected chi connectivity index (χ1v) is 8.72. The van der Waals surface area contributed by atoms with Crippen LogP contribution in [-0.4, -0.2) is 42.0 Å². The Hall–Kier alpha value is -0.380. The minimum absolute atomic E-state index is 0.127. The number of phosphoric ester groups is 1. The summed E-state index contributed by atoms with van der Waals surface area (Å²) < 4.78 is 113. The van der Waals surface area contributed by atoms with Crippen LogP contribution in [0.1, 0.15) is 38.5 Å². The fourth-order valence-electron chi connectivity index (χ4n) is 2.16. The van der Waals surface area contributed by atoms with E-state index in [2.05, 4.69) is 9.05 Å². The van der Waals surface area contributed by atoms with Crippen LogP contribution in [0.15, 0.2) is 0 Å². The van der Waals surface area contributed by atoms with Gasteiger partial charge in [0.05, 0.1) is 6.61 Å². The van der Waals surface area contributed by atoms with Gasteiger partial charge in [0, 0.05) is 0 Å². The quantitative estimate of drug-likeness (QED) is 0.558. The molecule has 144 valence electrons. The molecule has 0 spiro atoms. The van der Waals surface area contributed by atoms with Gasteiger partial charge in [0.15, 0.2) is 6.67 Å². The van der Waals surface area contributed by atoms with Gasteiger partial charge < -0.3 is 4.89 Å². The normalized spacial score (nSPS) is 29.1. The van der Waals surface area contributed by atoms with E-state index in [-0.39, 0.29) is 13.0 Å². The summed E-state index contributed by atoms with van der Waals surface area (Å²) in [6.07, 6.45) is -2.39. The topological polar surface area (TPSA) is 55.8 Å². The summed E-state index contributed by atoms with van der Waals surface area (Å²) in [6.45, 7) is -3.36. The molecule has 1 aliphatic rings. The van der Waals surface area contributed by atoms with E-state index in [0.29, 0.717) is 25.7 Å². The highest BCUT2D eigenvalue weighted by molar-refractivity contribution is 7.47. The molecule has 1 rings (SSSR count). The van der Waals surface area contributed by atoms with Crippen LogP contribution < -0.4 is 0 Å². The molecule has 1 aliphatic heterocycles. The molecule has 0 aromatic rings. The molecule has 0 aromatic carbocycles. The van der Waals surface area contributed by atoms with Crippen molar-refractivity contribution in [2.24, 2.45) is 0 Å². The largest absolute Gasteiger partial charge is 0.472 e. The number of hydrogen-bond donors (Lipinski definition) is 1. The zero-order valence-corrected chi connectivity index (χ0v) is 13.4. The van der Waals surface area contributed by atoms with Crippen LogP contribution in [0.5, 0.6) is 0 Å². The molecule has 1 fully saturated rings. The summed E-state index contributed by atoms with van der Waals surface area (Å²) in [6, 6.07) is 0. The number of alkyl halides is 7. The lowest BCUT2D eigenvalue weighted by atomic mass is 9.96. The lowest BCUT2D eigenvalue weighted by molar-refractivity contribution is -0.332. The van der Waals surface area contributed by atoms with Gasteiger partial charge in [-0.25, -0.2) is 8.96 Å². The zero-order valence-electron chi connectivity index (χ0n) is 12.5. The predicted molar refractivity (Wildman–Crippen MR) is 69.2 cm³/mol. The molecule has 0 radical (unpaired) electrons. The van der Waals surface area contributed by atoms with Crippen LogP contribution in [0.25, 0.3) is 0 Å². The summed E-state index contributed by atoms with van der Waals surface area (Å²) >= 11 is 0. The molecule has 1 saturated heterocycles. The van der Waals surface area contributed by atoms with E-state index < -0.39 is 44.8 Å². The Labute approximate surface area is 133 Å². The van der Waals surface area contributed by atoms with E-state index in [9.17, 15) is 40.2 Å². The molecule has 0 saturated carbocycles. The first-order chi connectivity index (χ1) is 10.9. The van der Waals surface area contributed by atoms with Crippen molar-refractivity contribution in [1.29, 1.82) is 0 Å². The second-order valence-corrected chi connectivity index (χ2v) is 6.89. The standard InChI is InChI=1S/C12H18F7O4P/c13-8-10(14,15)12(18,19)11(16,17)9-6-4-2-1-3-5-7-22-24(20,21)23-9/h9H,1-8H2,(H,20,21). The molecule has 24 heavy (non-hydrogen) atoms. The third kappa shape index (κ3) is 4.83. The van der Waals surface area contributed by atoms with Crippen LogP contribution in [0, 0.1) is 0 Å². The van der Waals surface area contributed by atoms with E-state index >= 15 is 0 Å². The van der Waals surface area contributed by atoms with E-state index in [1.54, 1.807) is 0 Å². The van der Waals surface area contributed by atoms with Crippen LogP contribution in [0.4, 0.5) is 30.7 Å². The number of halogens is 7. The van der Waals surface area contributed by atoms with E-state index in [0.717, 1.165) is 0 Å². The van der Waals surface area contributed by atoms with E-state index in [4.69, 9.17) is 0 Å². The smallest absolute Gasteiger partial charge is 0.302 e. The first kappa shape index (κ1) is 21.7. The monoisotopic (exact) mass is 390 g/mol. The summed E-state index contributed by atoms with van der Waals surface area (Å²) in [4.78, 5) is 9.32. The minimum Gasteiger partial charge on any atom is -0.302 e. The third-order valence-corrected chi connectivity index (χ3v) is 4.61. The highest BCUT2D eigenvalue weighted by Gasteiger charge is 2.74. The lowest BCUT2D eigenvalue weighted by Gasteiger charge is -2.36. The van der Waals surface area contributed by atoms with Crippen molar-refractivity contribution in [2.45, 2.75) is 62.4 Å². The molecule has 0 bridgehead atoms. The van der Waals surface area contributed by atoms with Crippen molar-refractivity contribution in [1.82, 2.24) is 0 Å². The second-order valence-electron chi connectivity index (χ2n) is 5.49. The van der Waals surface area contributed by atoms with Gasteiger partial charge >= 0.3 is 25.6 Å². The number of hydrogen-bond acceptors (Lipinski definition) is 3. The SMILES string of the molecule is O=P1(O)OCCCCCCCC(C(F)(F)C(F)(F)C(F)(F)CF)O1. The molecule has 2 atom stereocenters. The van der Waals surface area contributed by atoms with Gasteiger partial charge in [-0.05, 0) is 12.8 Å². The van der Waals surface area contributed by atoms with Gasteiger partial charge in [0.1, 0.15) is 6.10 Å². The van der Waals surface area contributed by atoms with Crippen LogP contribution in [0.3, 0.4) is 0 Å². The van der Waals surface area contributed by atoms with Crippen LogP contribution >= 0.6 is 7.82 Å². The maximum Gasteiger partial charge on any atom is 0.472 e. The van der Waals surface area contributed by atoms with Gasteiger partial charge in [-0.2, -0.15) is 26.3 Å². The van der Waals surface area contributed by atoms with Gasteiger partial charge in [0.2, 0.25) is 0 Å². The first-order valence-electron chi connectivity index (χ1n) is 7.22. The number of phosphoric acid groups is 1. The highest BCUT2D eigenvalue weighted by Crippen LogP contribution is 2.54. The van der Waals surface area contributed by atoms with Gasteiger partial charge in [-0.15, -0.1) is 0 Å². The Balaban J connectivity index is 3.12. The molecular formula is C12H18F7O4P. The van der Waals surface area contributed by atoms with Crippen LogP contribution in [0.2, 0.25) is 0 Å². The molecular weight excluding hydrogens is 372 g/mol. The highest BCUT2D eigenvalue weighted by atomic mass is 31.2. The minimum atomic E-state index is -6.11. The lowest BCUT2D eigenvalue weighted by Crippen LogP contribution is -2.60. The predicted octanol–water partition coefficient (Wildman–Crippen LogP) is 4.72. The summed E-state index contributed by atoms with van der Waals surface area (Å²) in [7, 11) is -5.16. The summed E-state index contributed by atoms with van der Waals surface area (Å²) in [5, 5.41) is 0. The van der Waals surface area contributed by atoms with Crippen molar-refractivity contribution in [3.8, 4) is 0 Å². The molecule has 4 nitrogen and oxygen atoms in total. The van der Waals surface area contributed by atoms with E-state index in [1.165, 1.54) is 0 Å². The van der Waals surface area contributed by atoms with Crippen molar-refractivity contribution >= 4 is 7.82 Å². The Morgan fingerprint density at radius 3 is 2.12 bits per heavy atom. The van der Waals surface area contributed by atoms with Crippen molar-refractivity contribution in [2.75, 3.05) is 13.3 Å². The molecule has 2 unspecified atom stereocenters. The van der Waals surface area contributed by atoms with Gasteiger partial charge in [-0.1, -0.05) is 25.7 Å². The second kappa shape index (κ2) is 7.88. The molecule has 0 amide bonds. The molecule has 1 heterocycles. The Kier molecular flexibility index (Phi) is 7.12.